The van der Waals surface area contributed by atoms with Crippen molar-refractivity contribution in [2.45, 2.75) is 18.8 Å². The highest BCUT2D eigenvalue weighted by atomic mass is 16.5. The highest BCUT2D eigenvalue weighted by molar-refractivity contribution is 5.94. The van der Waals surface area contributed by atoms with Crippen LogP contribution in [0.25, 0.3) is 16.7 Å². The number of benzene rings is 2. The Kier molecular flexibility index (Phi) is 6.82. The Bertz CT molecular complexity index is 1100. The van der Waals surface area contributed by atoms with E-state index >= 15 is 0 Å². The lowest BCUT2D eigenvalue weighted by molar-refractivity contribution is -0.142. The third kappa shape index (κ3) is 4.81. The van der Waals surface area contributed by atoms with E-state index in [9.17, 15) is 9.59 Å². The summed E-state index contributed by atoms with van der Waals surface area (Å²) in [6.07, 6.45) is 3.74. The van der Waals surface area contributed by atoms with Gasteiger partial charge in [-0.3, -0.25) is 14.3 Å². The highest BCUT2D eigenvalue weighted by Crippen LogP contribution is 2.30. The maximum absolute atomic E-state index is 12.0. The van der Waals surface area contributed by atoms with Crippen molar-refractivity contribution in [3.8, 4) is 5.69 Å². The van der Waals surface area contributed by atoms with E-state index in [0.717, 1.165) is 37.1 Å². The molecule has 0 aliphatic carbocycles. The summed E-state index contributed by atoms with van der Waals surface area (Å²) in [5.41, 5.74) is 4.28. The summed E-state index contributed by atoms with van der Waals surface area (Å²) in [7, 11) is 1.42. The molecule has 8 nitrogen and oxygen atoms in total. The molecule has 0 radical (unpaired) electrons. The summed E-state index contributed by atoms with van der Waals surface area (Å²) in [5.74, 6) is -0.232. The van der Waals surface area contributed by atoms with Gasteiger partial charge in [0.05, 0.1) is 36.9 Å². The highest BCUT2D eigenvalue weighted by Gasteiger charge is 2.22. The van der Waals surface area contributed by atoms with Crippen LogP contribution in [-0.2, 0) is 14.3 Å². The molecule has 0 saturated carbocycles. The number of ether oxygens (including phenoxy) is 2. The van der Waals surface area contributed by atoms with Gasteiger partial charge in [0.2, 0.25) is 0 Å². The molecule has 168 valence electrons. The molecule has 4 rings (SSSR count). The predicted octanol–water partition coefficient (Wildman–Crippen LogP) is 2.53. The summed E-state index contributed by atoms with van der Waals surface area (Å²) in [4.78, 5) is 30.2. The number of aliphatic hydroxyl groups excluding tert-OH is 1. The number of imidazole rings is 1. The van der Waals surface area contributed by atoms with Crippen LogP contribution in [-0.4, -0.2) is 71.5 Å². The number of hydrogen-bond donors (Lipinski definition) is 1. The van der Waals surface area contributed by atoms with Gasteiger partial charge in [-0.05, 0) is 67.7 Å². The molecule has 1 saturated heterocycles. The minimum absolute atomic E-state index is 0.0281. The molecule has 0 unspecified atom stereocenters. The molecule has 0 amide bonds. The Morgan fingerprint density at radius 3 is 2.72 bits per heavy atom. The summed E-state index contributed by atoms with van der Waals surface area (Å²) >= 11 is 0. The van der Waals surface area contributed by atoms with Crippen molar-refractivity contribution in [2.75, 3.05) is 40.0 Å². The monoisotopic (exact) mass is 437 g/mol. The van der Waals surface area contributed by atoms with Crippen molar-refractivity contribution in [3.05, 3.63) is 59.9 Å². The molecule has 1 fully saturated rings. The molecule has 0 atom stereocenters. The fourth-order valence-electron chi connectivity index (χ4n) is 4.17. The van der Waals surface area contributed by atoms with Crippen molar-refractivity contribution >= 4 is 23.0 Å². The molecule has 3 aromatic rings. The molecule has 1 aliphatic rings. The standard InChI is InChI=1S/C24H27N3O5/c1-31-23(29)15-26-9-7-17(8-10-26)18-3-2-4-20(13-18)27-16-25-21-14-19(5-6-22(21)27)24(30)32-12-11-28/h2-6,13-14,16-17,28H,7-12,15H2,1H3. The Balaban J connectivity index is 1.50. The quantitative estimate of drug-likeness (QED) is 0.568. The van der Waals surface area contributed by atoms with Crippen LogP contribution in [0.15, 0.2) is 48.8 Å². The lowest BCUT2D eigenvalue weighted by Gasteiger charge is -2.31. The van der Waals surface area contributed by atoms with Gasteiger partial charge in [0.15, 0.2) is 0 Å². The minimum atomic E-state index is -0.476. The first kappa shape index (κ1) is 22.0. The first-order valence-corrected chi connectivity index (χ1v) is 10.7. The molecule has 0 spiro atoms. The first-order valence-electron chi connectivity index (χ1n) is 10.7. The van der Waals surface area contributed by atoms with Gasteiger partial charge in [-0.1, -0.05) is 12.1 Å². The van der Waals surface area contributed by atoms with E-state index in [-0.39, 0.29) is 19.2 Å². The zero-order chi connectivity index (χ0) is 22.5. The van der Waals surface area contributed by atoms with E-state index in [1.165, 1.54) is 12.7 Å². The number of rotatable bonds is 7. The van der Waals surface area contributed by atoms with Gasteiger partial charge in [0.25, 0.3) is 0 Å². The number of carbonyl (C=O) groups is 2. The second kappa shape index (κ2) is 9.93. The second-order valence-electron chi connectivity index (χ2n) is 7.90. The molecule has 1 N–H and O–H groups in total. The van der Waals surface area contributed by atoms with Crippen LogP contribution in [0.1, 0.15) is 34.7 Å². The van der Waals surface area contributed by atoms with Gasteiger partial charge < -0.3 is 14.6 Å². The predicted molar refractivity (Wildman–Crippen MR) is 119 cm³/mol. The lowest BCUT2D eigenvalue weighted by Crippen LogP contribution is -2.37. The SMILES string of the molecule is COC(=O)CN1CCC(c2cccc(-n3cnc4cc(C(=O)OCCO)ccc43)c2)CC1. The molecule has 1 aromatic heterocycles. The lowest BCUT2D eigenvalue weighted by atomic mass is 9.89. The number of hydrogen-bond acceptors (Lipinski definition) is 7. The molecular weight excluding hydrogens is 410 g/mol. The zero-order valence-electron chi connectivity index (χ0n) is 18.1. The van der Waals surface area contributed by atoms with Crippen molar-refractivity contribution in [1.29, 1.82) is 0 Å². The number of aliphatic hydroxyl groups is 1. The Hall–Kier alpha value is -3.23. The van der Waals surface area contributed by atoms with Crippen LogP contribution >= 0.6 is 0 Å². The smallest absolute Gasteiger partial charge is 0.338 e. The Labute approximate surface area is 186 Å². The third-order valence-corrected chi connectivity index (χ3v) is 5.90. The topological polar surface area (TPSA) is 93.9 Å². The van der Waals surface area contributed by atoms with Gasteiger partial charge in [-0.25, -0.2) is 9.78 Å². The second-order valence-corrected chi connectivity index (χ2v) is 7.90. The van der Waals surface area contributed by atoms with Crippen molar-refractivity contribution in [2.24, 2.45) is 0 Å². The van der Waals surface area contributed by atoms with Crippen LogP contribution in [0, 0.1) is 0 Å². The normalized spacial score (nSPS) is 15.1. The van der Waals surface area contributed by atoms with E-state index in [1.807, 2.05) is 16.7 Å². The van der Waals surface area contributed by atoms with Gasteiger partial charge in [0, 0.05) is 5.69 Å². The van der Waals surface area contributed by atoms with Crippen LogP contribution in [0.2, 0.25) is 0 Å². The molecular formula is C24H27N3O5. The Morgan fingerprint density at radius 2 is 1.97 bits per heavy atom. The summed E-state index contributed by atoms with van der Waals surface area (Å²) in [6.45, 7) is 1.85. The van der Waals surface area contributed by atoms with E-state index < -0.39 is 5.97 Å². The van der Waals surface area contributed by atoms with Gasteiger partial charge in [-0.2, -0.15) is 0 Å². The molecule has 8 heteroatoms. The average Bonchev–Trinajstić information content (AvgIpc) is 3.26. The fourth-order valence-corrected chi connectivity index (χ4v) is 4.17. The zero-order valence-corrected chi connectivity index (χ0v) is 18.1. The number of nitrogens with zero attached hydrogens (tertiary/aromatic N) is 3. The number of methoxy groups -OCH3 is 1. The molecule has 2 aromatic carbocycles. The maximum atomic E-state index is 12.0. The maximum Gasteiger partial charge on any atom is 0.338 e. The number of piperidine rings is 1. The largest absolute Gasteiger partial charge is 0.468 e. The summed E-state index contributed by atoms with van der Waals surface area (Å²) in [6, 6.07) is 13.7. The Morgan fingerprint density at radius 1 is 1.16 bits per heavy atom. The summed E-state index contributed by atoms with van der Waals surface area (Å²) in [5, 5.41) is 8.82. The van der Waals surface area contributed by atoms with Gasteiger partial charge in [0.1, 0.15) is 12.9 Å². The number of carbonyl (C=O) groups excluding carboxylic acids is 2. The minimum Gasteiger partial charge on any atom is -0.468 e. The van der Waals surface area contributed by atoms with Crippen LogP contribution in [0.5, 0.6) is 0 Å². The van der Waals surface area contributed by atoms with E-state index in [4.69, 9.17) is 14.6 Å². The average molecular weight is 437 g/mol. The molecule has 2 heterocycles. The molecule has 32 heavy (non-hydrogen) atoms. The van der Waals surface area contributed by atoms with Crippen LogP contribution < -0.4 is 0 Å². The van der Waals surface area contributed by atoms with E-state index in [2.05, 4.69) is 28.1 Å². The molecule has 0 bridgehead atoms. The van der Waals surface area contributed by atoms with Gasteiger partial charge >= 0.3 is 11.9 Å². The first-order chi connectivity index (χ1) is 15.6. The van der Waals surface area contributed by atoms with Crippen LogP contribution in [0.4, 0.5) is 0 Å². The van der Waals surface area contributed by atoms with Crippen molar-refractivity contribution < 1.29 is 24.2 Å². The number of likely N-dealkylation sites (tertiary alicyclic amines) is 1. The fraction of sp³-hybridized carbons (Fsp3) is 0.375. The number of esters is 2. The molecule has 1 aliphatic heterocycles. The van der Waals surface area contributed by atoms with E-state index in [0.29, 0.717) is 23.5 Å². The van der Waals surface area contributed by atoms with Crippen LogP contribution in [0.3, 0.4) is 0 Å². The number of aromatic nitrogens is 2. The van der Waals surface area contributed by atoms with Gasteiger partial charge in [-0.15, -0.1) is 0 Å². The van der Waals surface area contributed by atoms with Crippen molar-refractivity contribution in [1.82, 2.24) is 14.5 Å². The van der Waals surface area contributed by atoms with E-state index in [1.54, 1.807) is 18.5 Å². The summed E-state index contributed by atoms with van der Waals surface area (Å²) < 4.78 is 11.8. The van der Waals surface area contributed by atoms with Crippen molar-refractivity contribution in [3.63, 3.8) is 0 Å². The number of fused-ring (bicyclic) bond motifs is 1. The third-order valence-electron chi connectivity index (χ3n) is 5.90.